The van der Waals surface area contributed by atoms with E-state index in [1.165, 1.54) is 12.1 Å². The van der Waals surface area contributed by atoms with Gasteiger partial charge in [0.05, 0.1) is 13.2 Å². The van der Waals surface area contributed by atoms with Crippen LogP contribution in [-0.4, -0.2) is 36.1 Å². The fourth-order valence-corrected chi connectivity index (χ4v) is 4.49. The maximum absolute atomic E-state index is 13.1. The quantitative estimate of drug-likeness (QED) is 0.757. The summed E-state index contributed by atoms with van der Waals surface area (Å²) < 4.78 is 37.6. The number of fused-ring (bicyclic) bond motifs is 1. The summed E-state index contributed by atoms with van der Waals surface area (Å²) in [7, 11) is 0. The number of hydrogen-bond donors (Lipinski definition) is 0. The van der Waals surface area contributed by atoms with Crippen molar-refractivity contribution in [3.8, 4) is 0 Å². The molecule has 2 aliphatic rings. The summed E-state index contributed by atoms with van der Waals surface area (Å²) in [5, 5.41) is 0. The molecule has 0 aliphatic carbocycles. The predicted octanol–water partition coefficient (Wildman–Crippen LogP) is 4.38. The molecule has 0 saturated carbocycles. The average Bonchev–Trinajstić information content (AvgIpc) is 2.97. The van der Waals surface area contributed by atoms with Crippen molar-refractivity contribution < 1.29 is 23.3 Å². The molecule has 144 valence electrons. The molecule has 0 radical (unpaired) electrons. The van der Waals surface area contributed by atoms with Crippen LogP contribution in [0.5, 0.6) is 0 Å². The van der Waals surface area contributed by atoms with E-state index in [0.717, 1.165) is 10.5 Å². The molecule has 0 N–H and O–H groups in total. The molecule has 27 heavy (non-hydrogen) atoms. The molecule has 2 aromatic rings. The van der Waals surface area contributed by atoms with E-state index in [9.17, 15) is 4.39 Å². The summed E-state index contributed by atoms with van der Waals surface area (Å²) in [6.45, 7) is 4.63. The van der Waals surface area contributed by atoms with Crippen LogP contribution in [0.4, 0.5) is 4.39 Å². The Labute approximate surface area is 163 Å². The first-order chi connectivity index (χ1) is 13.0. The van der Waals surface area contributed by atoms with Gasteiger partial charge in [-0.2, -0.15) is 0 Å². The highest BCUT2D eigenvalue weighted by Crippen LogP contribution is 2.40. The maximum Gasteiger partial charge on any atom is 0.164 e. The van der Waals surface area contributed by atoms with E-state index < -0.39 is 5.79 Å². The Hall–Kier alpha value is -1.44. The van der Waals surface area contributed by atoms with E-state index >= 15 is 0 Å². The Morgan fingerprint density at radius 1 is 1.07 bits per heavy atom. The van der Waals surface area contributed by atoms with Gasteiger partial charge in [-0.3, -0.25) is 0 Å². The van der Waals surface area contributed by atoms with Gasteiger partial charge in [0.25, 0.3) is 0 Å². The van der Waals surface area contributed by atoms with Crippen molar-refractivity contribution in [3.63, 3.8) is 0 Å². The number of ether oxygens (including phenoxy) is 4. The summed E-state index contributed by atoms with van der Waals surface area (Å²) in [5.41, 5.74) is 0.687. The minimum absolute atomic E-state index is 0.161. The molecule has 0 amide bonds. The minimum Gasteiger partial charge on any atom is -0.367 e. The Morgan fingerprint density at radius 2 is 1.81 bits per heavy atom. The van der Waals surface area contributed by atoms with E-state index in [1.807, 2.05) is 44.2 Å². The van der Waals surface area contributed by atoms with Crippen LogP contribution in [0.25, 0.3) is 0 Å². The fourth-order valence-electron chi connectivity index (χ4n) is 3.39. The van der Waals surface area contributed by atoms with Crippen LogP contribution >= 0.6 is 11.8 Å². The summed E-state index contributed by atoms with van der Waals surface area (Å²) >= 11 is 1.62. The standard InChI is InChI=1S/C21H23FO4S/c1-21(2)25-17-13-24-20(27-16-6-4-3-5-7-16)19(18(17)26-21)23-12-14-8-10-15(22)11-9-14/h3-11,17-20H,12-13H2,1-2H3/t17-,18-,19+,20-/m0/s1. The van der Waals surface area contributed by atoms with Gasteiger partial charge in [0.1, 0.15) is 29.6 Å². The molecule has 0 bridgehead atoms. The largest absolute Gasteiger partial charge is 0.367 e. The third-order valence-electron chi connectivity index (χ3n) is 4.59. The van der Waals surface area contributed by atoms with Gasteiger partial charge < -0.3 is 18.9 Å². The molecule has 2 aromatic carbocycles. The second kappa shape index (κ2) is 7.89. The van der Waals surface area contributed by atoms with E-state index in [2.05, 4.69) is 0 Å². The van der Waals surface area contributed by atoms with Crippen LogP contribution in [0.1, 0.15) is 19.4 Å². The Morgan fingerprint density at radius 3 is 2.56 bits per heavy atom. The highest BCUT2D eigenvalue weighted by molar-refractivity contribution is 7.99. The SMILES string of the molecule is CC1(C)O[C@@H]2[C@@H](OCc3ccc(F)cc3)[C@H](Sc3ccccc3)OC[C@@H]2O1. The number of benzene rings is 2. The second-order valence-electron chi connectivity index (χ2n) is 7.17. The molecule has 4 nitrogen and oxygen atoms in total. The lowest BCUT2D eigenvalue weighted by molar-refractivity contribution is -0.164. The fraction of sp³-hybridized carbons (Fsp3) is 0.429. The van der Waals surface area contributed by atoms with Gasteiger partial charge in [0.15, 0.2) is 5.79 Å². The minimum atomic E-state index is -0.664. The Bertz CT molecular complexity index is 753. The van der Waals surface area contributed by atoms with Gasteiger partial charge in [-0.15, -0.1) is 0 Å². The Balaban J connectivity index is 1.51. The van der Waals surface area contributed by atoms with Crippen molar-refractivity contribution in [2.24, 2.45) is 0 Å². The van der Waals surface area contributed by atoms with Crippen LogP contribution in [0.15, 0.2) is 59.5 Å². The van der Waals surface area contributed by atoms with Gasteiger partial charge in [0, 0.05) is 4.90 Å². The number of thioether (sulfide) groups is 1. The number of rotatable bonds is 5. The molecule has 2 heterocycles. The molecule has 2 saturated heterocycles. The molecule has 4 rings (SSSR count). The van der Waals surface area contributed by atoms with Crippen molar-refractivity contribution in [1.29, 1.82) is 0 Å². The number of halogens is 1. The molecule has 0 spiro atoms. The second-order valence-corrected chi connectivity index (χ2v) is 8.35. The van der Waals surface area contributed by atoms with Crippen LogP contribution < -0.4 is 0 Å². The third-order valence-corrected chi connectivity index (χ3v) is 5.77. The molecule has 4 atom stereocenters. The van der Waals surface area contributed by atoms with E-state index in [4.69, 9.17) is 18.9 Å². The van der Waals surface area contributed by atoms with Crippen molar-refractivity contribution in [1.82, 2.24) is 0 Å². The lowest BCUT2D eigenvalue weighted by Gasteiger charge is -2.37. The normalized spacial score (nSPS) is 29.4. The lowest BCUT2D eigenvalue weighted by Crippen LogP contribution is -2.51. The number of hydrogen-bond acceptors (Lipinski definition) is 5. The summed E-state index contributed by atoms with van der Waals surface area (Å²) in [6.07, 6.45) is -0.679. The monoisotopic (exact) mass is 390 g/mol. The smallest absolute Gasteiger partial charge is 0.164 e. The first kappa shape index (κ1) is 18.9. The molecule has 0 aromatic heterocycles. The van der Waals surface area contributed by atoms with Crippen molar-refractivity contribution in [2.75, 3.05) is 6.61 Å². The van der Waals surface area contributed by atoms with Gasteiger partial charge in [-0.25, -0.2) is 4.39 Å². The summed E-state index contributed by atoms with van der Waals surface area (Å²) in [5.74, 6) is -0.922. The zero-order chi connectivity index (χ0) is 18.9. The van der Waals surface area contributed by atoms with Crippen LogP contribution in [0, 0.1) is 5.82 Å². The molecule has 0 unspecified atom stereocenters. The highest BCUT2D eigenvalue weighted by atomic mass is 32.2. The molecular formula is C21H23FO4S. The van der Waals surface area contributed by atoms with Crippen molar-refractivity contribution in [2.45, 2.75) is 54.9 Å². The van der Waals surface area contributed by atoms with Crippen LogP contribution in [0.3, 0.4) is 0 Å². The zero-order valence-corrected chi connectivity index (χ0v) is 16.2. The molecule has 2 fully saturated rings. The van der Waals surface area contributed by atoms with Crippen molar-refractivity contribution in [3.05, 3.63) is 66.0 Å². The maximum atomic E-state index is 13.1. The summed E-state index contributed by atoms with van der Waals surface area (Å²) in [6, 6.07) is 16.4. The van der Waals surface area contributed by atoms with Gasteiger partial charge in [0.2, 0.25) is 0 Å². The molecular weight excluding hydrogens is 367 g/mol. The topological polar surface area (TPSA) is 36.9 Å². The molecule has 2 aliphatic heterocycles. The van der Waals surface area contributed by atoms with Crippen molar-refractivity contribution >= 4 is 11.8 Å². The van der Waals surface area contributed by atoms with E-state index in [1.54, 1.807) is 23.9 Å². The van der Waals surface area contributed by atoms with Gasteiger partial charge >= 0.3 is 0 Å². The van der Waals surface area contributed by atoms with Gasteiger partial charge in [-0.1, -0.05) is 42.1 Å². The first-order valence-electron chi connectivity index (χ1n) is 9.05. The van der Waals surface area contributed by atoms with Crippen LogP contribution in [0.2, 0.25) is 0 Å². The first-order valence-corrected chi connectivity index (χ1v) is 9.93. The highest BCUT2D eigenvalue weighted by Gasteiger charge is 2.51. The lowest BCUT2D eigenvalue weighted by atomic mass is 10.1. The van der Waals surface area contributed by atoms with Gasteiger partial charge in [-0.05, 0) is 43.7 Å². The average molecular weight is 390 g/mol. The third kappa shape index (κ3) is 4.52. The van der Waals surface area contributed by atoms with E-state index in [0.29, 0.717) is 13.2 Å². The van der Waals surface area contributed by atoms with E-state index in [-0.39, 0.29) is 29.6 Å². The summed E-state index contributed by atoms with van der Waals surface area (Å²) in [4.78, 5) is 1.11. The van der Waals surface area contributed by atoms with Crippen LogP contribution in [-0.2, 0) is 25.6 Å². The predicted molar refractivity (Wildman–Crippen MR) is 101 cm³/mol. The molecule has 6 heteroatoms. The Kier molecular flexibility index (Phi) is 5.53. The zero-order valence-electron chi connectivity index (χ0n) is 15.3.